The fourth-order valence-corrected chi connectivity index (χ4v) is 2.15. The maximum atomic E-state index is 13.7. The molecule has 5 heteroatoms. The molecule has 0 saturated heterocycles. The Morgan fingerprint density at radius 1 is 1.13 bits per heavy atom. The molecule has 122 valence electrons. The normalized spacial score (nSPS) is 12.8. The van der Waals surface area contributed by atoms with Crippen LogP contribution in [0.1, 0.15) is 17.2 Å². The van der Waals surface area contributed by atoms with Crippen LogP contribution < -0.4 is 5.32 Å². The van der Waals surface area contributed by atoms with Gasteiger partial charge in [-0.15, -0.1) is 0 Å². The summed E-state index contributed by atoms with van der Waals surface area (Å²) in [5, 5.41) is 13.2. The van der Waals surface area contributed by atoms with Gasteiger partial charge in [-0.3, -0.25) is 0 Å². The van der Waals surface area contributed by atoms with Crippen LogP contribution in [0.25, 0.3) is 0 Å². The van der Waals surface area contributed by atoms with Gasteiger partial charge in [-0.25, -0.2) is 9.38 Å². The first kappa shape index (κ1) is 17.0. The predicted molar refractivity (Wildman–Crippen MR) is 90.6 cm³/mol. The van der Waals surface area contributed by atoms with Crippen molar-refractivity contribution in [3.8, 4) is 0 Å². The Hall–Kier alpha value is -2.40. The molecule has 0 aliphatic carbocycles. The lowest BCUT2D eigenvalue weighted by Gasteiger charge is -2.20. The summed E-state index contributed by atoms with van der Waals surface area (Å²) in [6.45, 7) is 0.726. The zero-order valence-electron chi connectivity index (χ0n) is 13.4. The van der Waals surface area contributed by atoms with E-state index in [1.54, 1.807) is 18.2 Å². The van der Waals surface area contributed by atoms with E-state index in [4.69, 9.17) is 0 Å². The van der Waals surface area contributed by atoms with Crippen LogP contribution in [0.5, 0.6) is 0 Å². The second-order valence-electron chi connectivity index (χ2n) is 5.44. The largest absolute Gasteiger partial charge is 0.386 e. The fraction of sp³-hybridized carbons (Fsp3) is 0.278. The molecule has 2 N–H and O–H groups in total. The van der Waals surface area contributed by atoms with Crippen LogP contribution >= 0.6 is 0 Å². The molecule has 2 aromatic carbocycles. The van der Waals surface area contributed by atoms with Gasteiger partial charge < -0.3 is 15.3 Å². The Morgan fingerprint density at radius 3 is 2.43 bits per heavy atom. The van der Waals surface area contributed by atoms with Crippen LogP contribution in [-0.4, -0.2) is 36.6 Å². The highest BCUT2D eigenvalue weighted by molar-refractivity contribution is 5.79. The van der Waals surface area contributed by atoms with Crippen LogP contribution in [0.15, 0.2) is 59.6 Å². The first-order chi connectivity index (χ1) is 11.1. The Labute approximate surface area is 136 Å². The van der Waals surface area contributed by atoms with E-state index in [-0.39, 0.29) is 12.1 Å². The molecular weight excluding hydrogens is 293 g/mol. The third-order valence-electron chi connectivity index (χ3n) is 3.40. The summed E-state index contributed by atoms with van der Waals surface area (Å²) >= 11 is 0. The number of benzene rings is 2. The monoisotopic (exact) mass is 315 g/mol. The van der Waals surface area contributed by atoms with Gasteiger partial charge in [-0.05, 0) is 11.6 Å². The topological polar surface area (TPSA) is 47.9 Å². The number of hydrogen-bond acceptors (Lipinski definition) is 2. The van der Waals surface area contributed by atoms with Gasteiger partial charge in [0.25, 0.3) is 0 Å². The van der Waals surface area contributed by atoms with Crippen molar-refractivity contribution in [1.29, 1.82) is 0 Å². The van der Waals surface area contributed by atoms with Crippen molar-refractivity contribution in [2.24, 2.45) is 4.99 Å². The molecule has 4 nitrogen and oxygen atoms in total. The number of nitrogens with one attached hydrogen (secondary N) is 1. The van der Waals surface area contributed by atoms with Gasteiger partial charge in [-0.1, -0.05) is 48.5 Å². The standard InChI is InChI=1S/C18H22FN3O/c1-22(2)18(20-12-14-8-4-3-5-9-14)21-13-17(23)15-10-6-7-11-16(15)19/h3-11,17,23H,12-13H2,1-2H3,(H,20,21). The summed E-state index contributed by atoms with van der Waals surface area (Å²) in [5.41, 5.74) is 1.38. The summed E-state index contributed by atoms with van der Waals surface area (Å²) < 4.78 is 13.7. The van der Waals surface area contributed by atoms with Crippen molar-refractivity contribution in [1.82, 2.24) is 10.2 Å². The van der Waals surface area contributed by atoms with E-state index in [1.807, 2.05) is 49.3 Å². The van der Waals surface area contributed by atoms with Crippen molar-refractivity contribution in [3.05, 3.63) is 71.5 Å². The number of rotatable bonds is 5. The van der Waals surface area contributed by atoms with Crippen molar-refractivity contribution in [3.63, 3.8) is 0 Å². The van der Waals surface area contributed by atoms with Crippen LogP contribution in [-0.2, 0) is 6.54 Å². The fourth-order valence-electron chi connectivity index (χ4n) is 2.15. The molecule has 0 saturated carbocycles. The minimum Gasteiger partial charge on any atom is -0.386 e. The first-order valence-corrected chi connectivity index (χ1v) is 7.50. The summed E-state index contributed by atoms with van der Waals surface area (Å²) in [6, 6.07) is 16.1. The van der Waals surface area contributed by atoms with Gasteiger partial charge in [0.2, 0.25) is 0 Å². The summed E-state index contributed by atoms with van der Waals surface area (Å²) in [4.78, 5) is 6.34. The molecule has 0 aliphatic heterocycles. The molecule has 0 aromatic heterocycles. The molecule has 0 radical (unpaired) electrons. The van der Waals surface area contributed by atoms with Crippen LogP contribution in [0, 0.1) is 5.82 Å². The molecule has 0 fully saturated rings. The maximum absolute atomic E-state index is 13.7. The zero-order chi connectivity index (χ0) is 16.7. The molecule has 23 heavy (non-hydrogen) atoms. The number of aliphatic imine (C=N–C) groups is 1. The lowest BCUT2D eigenvalue weighted by Crippen LogP contribution is -2.38. The number of hydrogen-bond donors (Lipinski definition) is 2. The molecule has 1 unspecified atom stereocenters. The van der Waals surface area contributed by atoms with Gasteiger partial charge in [0.1, 0.15) is 5.82 Å². The van der Waals surface area contributed by atoms with Gasteiger partial charge in [0.05, 0.1) is 12.6 Å². The Morgan fingerprint density at radius 2 is 1.78 bits per heavy atom. The first-order valence-electron chi connectivity index (χ1n) is 7.50. The summed E-state index contributed by atoms with van der Waals surface area (Å²) in [6.07, 6.45) is -0.932. The van der Waals surface area contributed by atoms with Crippen LogP contribution in [0.4, 0.5) is 4.39 Å². The van der Waals surface area contributed by atoms with Crippen molar-refractivity contribution in [2.45, 2.75) is 12.6 Å². The van der Waals surface area contributed by atoms with Gasteiger partial charge in [0, 0.05) is 26.2 Å². The number of halogens is 1. The molecular formula is C18H22FN3O. The number of guanidine groups is 1. The van der Waals surface area contributed by atoms with E-state index >= 15 is 0 Å². The third kappa shape index (κ3) is 5.07. The molecule has 2 rings (SSSR count). The minimum atomic E-state index is -0.932. The van der Waals surface area contributed by atoms with Gasteiger partial charge >= 0.3 is 0 Å². The summed E-state index contributed by atoms with van der Waals surface area (Å²) in [7, 11) is 3.73. The maximum Gasteiger partial charge on any atom is 0.193 e. The minimum absolute atomic E-state index is 0.187. The average molecular weight is 315 g/mol. The van der Waals surface area contributed by atoms with E-state index in [0.29, 0.717) is 12.5 Å². The second-order valence-corrected chi connectivity index (χ2v) is 5.44. The molecule has 0 heterocycles. The van der Waals surface area contributed by atoms with E-state index in [9.17, 15) is 9.50 Å². The van der Waals surface area contributed by atoms with Gasteiger partial charge in [-0.2, -0.15) is 0 Å². The molecule has 0 amide bonds. The number of aliphatic hydroxyl groups excluding tert-OH is 1. The second kappa shape index (κ2) is 8.29. The van der Waals surface area contributed by atoms with E-state index < -0.39 is 11.9 Å². The highest BCUT2D eigenvalue weighted by atomic mass is 19.1. The highest BCUT2D eigenvalue weighted by Crippen LogP contribution is 2.15. The number of aliphatic hydroxyl groups is 1. The molecule has 2 aromatic rings. The highest BCUT2D eigenvalue weighted by Gasteiger charge is 2.13. The van der Waals surface area contributed by atoms with Crippen LogP contribution in [0.2, 0.25) is 0 Å². The van der Waals surface area contributed by atoms with Crippen molar-refractivity contribution in [2.75, 3.05) is 20.6 Å². The molecule has 0 spiro atoms. The zero-order valence-corrected chi connectivity index (χ0v) is 13.4. The Balaban J connectivity index is 1.98. The lowest BCUT2D eigenvalue weighted by atomic mass is 10.1. The average Bonchev–Trinajstić information content (AvgIpc) is 2.55. The van der Waals surface area contributed by atoms with Gasteiger partial charge in [0.15, 0.2) is 5.96 Å². The quantitative estimate of drug-likeness (QED) is 0.658. The van der Waals surface area contributed by atoms with Crippen molar-refractivity contribution < 1.29 is 9.50 Å². The van der Waals surface area contributed by atoms with Crippen molar-refractivity contribution >= 4 is 5.96 Å². The Bertz CT molecular complexity index is 644. The van der Waals surface area contributed by atoms with Crippen LogP contribution in [0.3, 0.4) is 0 Å². The molecule has 1 atom stereocenters. The molecule has 0 aliphatic rings. The van der Waals surface area contributed by atoms with E-state index in [0.717, 1.165) is 5.56 Å². The number of nitrogens with zero attached hydrogens (tertiary/aromatic N) is 2. The SMILES string of the molecule is CN(C)C(=NCc1ccccc1)NCC(O)c1ccccc1F. The van der Waals surface area contributed by atoms with E-state index in [2.05, 4.69) is 10.3 Å². The smallest absolute Gasteiger partial charge is 0.193 e. The summed E-state index contributed by atoms with van der Waals surface area (Å²) in [5.74, 6) is 0.235. The lowest BCUT2D eigenvalue weighted by molar-refractivity contribution is 0.175. The Kier molecular flexibility index (Phi) is 6.11. The third-order valence-corrected chi connectivity index (χ3v) is 3.40. The predicted octanol–water partition coefficient (Wildman–Crippen LogP) is 2.57. The molecule has 0 bridgehead atoms. The van der Waals surface area contributed by atoms with E-state index in [1.165, 1.54) is 6.07 Å².